The zero-order valence-electron chi connectivity index (χ0n) is 17.7. The number of benzene rings is 2. The van der Waals surface area contributed by atoms with E-state index in [0.29, 0.717) is 18.9 Å². The fourth-order valence-corrected chi connectivity index (χ4v) is 5.21. The van der Waals surface area contributed by atoms with E-state index in [1.165, 1.54) is 11.3 Å². The van der Waals surface area contributed by atoms with Crippen LogP contribution in [0, 0.1) is 5.92 Å². The summed E-state index contributed by atoms with van der Waals surface area (Å²) in [6, 6.07) is 21.2. The number of rotatable bonds is 6. The summed E-state index contributed by atoms with van der Waals surface area (Å²) >= 11 is 1.53. The first-order valence-corrected chi connectivity index (χ1v) is 11.6. The Labute approximate surface area is 190 Å². The lowest BCUT2D eigenvalue weighted by atomic mass is 9.93. The number of nitrogens with zero attached hydrogens (tertiary/aromatic N) is 3. The smallest absolute Gasteiger partial charge is 0.321 e. The Morgan fingerprint density at radius 1 is 1.06 bits per heavy atom. The average molecular weight is 446 g/mol. The molecule has 5 rings (SSSR count). The molecular formula is C25H23N3O3S. The largest absolute Gasteiger partial charge is 0.465 e. The lowest BCUT2D eigenvalue weighted by Crippen LogP contribution is -2.50. The number of anilines is 1. The Morgan fingerprint density at radius 3 is 2.59 bits per heavy atom. The van der Waals surface area contributed by atoms with Crippen LogP contribution in [0.25, 0.3) is 11.0 Å². The van der Waals surface area contributed by atoms with Crippen molar-refractivity contribution in [3.63, 3.8) is 0 Å². The van der Waals surface area contributed by atoms with E-state index in [2.05, 4.69) is 0 Å². The summed E-state index contributed by atoms with van der Waals surface area (Å²) in [5.41, 5.74) is 2.81. The van der Waals surface area contributed by atoms with Gasteiger partial charge in [-0.05, 0) is 42.5 Å². The Balaban J connectivity index is 1.66. The second-order valence-electron chi connectivity index (χ2n) is 7.69. The number of fused-ring (bicyclic) bond motifs is 3. The number of hydrogen-bond donors (Lipinski definition) is 0. The van der Waals surface area contributed by atoms with Crippen LogP contribution in [0.2, 0.25) is 0 Å². The third-order valence-electron chi connectivity index (χ3n) is 5.79. The van der Waals surface area contributed by atoms with Crippen LogP contribution in [0.1, 0.15) is 23.4 Å². The molecule has 1 amide bonds. The van der Waals surface area contributed by atoms with Gasteiger partial charge in [0.25, 0.3) is 0 Å². The number of thiophene rings is 1. The molecule has 0 N–H and O–H groups in total. The number of ether oxygens (including phenoxy) is 1. The summed E-state index contributed by atoms with van der Waals surface area (Å²) in [6.07, 6.45) is 0.662. The van der Waals surface area contributed by atoms with Crippen molar-refractivity contribution in [2.45, 2.75) is 19.4 Å². The molecule has 0 aliphatic carbocycles. The molecule has 0 fully saturated rings. The van der Waals surface area contributed by atoms with Gasteiger partial charge >= 0.3 is 5.97 Å². The first kappa shape index (κ1) is 20.5. The molecule has 2 atom stereocenters. The minimum absolute atomic E-state index is 0.224. The van der Waals surface area contributed by atoms with Crippen LogP contribution in [0.15, 0.2) is 72.1 Å². The van der Waals surface area contributed by atoms with E-state index in [0.717, 1.165) is 21.5 Å². The summed E-state index contributed by atoms with van der Waals surface area (Å²) < 4.78 is 7.42. The molecule has 0 saturated carbocycles. The number of amides is 1. The number of aromatic nitrogens is 2. The number of para-hydroxylation sites is 2. The predicted octanol–water partition coefficient (Wildman–Crippen LogP) is 4.46. The number of carbonyl (C=O) groups is 2. The van der Waals surface area contributed by atoms with Gasteiger partial charge in [0.05, 0.1) is 23.7 Å². The van der Waals surface area contributed by atoms with E-state index in [1.807, 2.05) is 76.7 Å². The fourth-order valence-electron chi connectivity index (χ4n) is 4.36. The summed E-state index contributed by atoms with van der Waals surface area (Å²) in [6.45, 7) is 2.41. The third kappa shape index (κ3) is 3.48. The Hall–Kier alpha value is -3.45. The van der Waals surface area contributed by atoms with Gasteiger partial charge in [-0.2, -0.15) is 0 Å². The molecule has 4 aromatic rings. The first-order valence-electron chi connectivity index (χ1n) is 10.7. The lowest BCUT2D eigenvalue weighted by molar-refractivity contribution is -0.153. The fraction of sp³-hybridized carbons (Fsp3) is 0.240. The highest BCUT2D eigenvalue weighted by Gasteiger charge is 2.48. The van der Waals surface area contributed by atoms with Gasteiger partial charge in [0.1, 0.15) is 0 Å². The van der Waals surface area contributed by atoms with Crippen molar-refractivity contribution in [3.05, 3.63) is 82.6 Å². The maximum absolute atomic E-state index is 13.8. The molecule has 32 heavy (non-hydrogen) atoms. The molecule has 3 heterocycles. The minimum Gasteiger partial charge on any atom is -0.465 e. The molecule has 0 radical (unpaired) electrons. The molecule has 0 bridgehead atoms. The van der Waals surface area contributed by atoms with Gasteiger partial charge in [0, 0.05) is 11.4 Å². The van der Waals surface area contributed by atoms with E-state index < -0.39 is 17.9 Å². The van der Waals surface area contributed by atoms with Crippen molar-refractivity contribution in [1.29, 1.82) is 0 Å². The van der Waals surface area contributed by atoms with E-state index in [4.69, 9.17) is 9.72 Å². The van der Waals surface area contributed by atoms with Crippen LogP contribution >= 0.6 is 11.3 Å². The Bertz CT molecular complexity index is 1250. The molecule has 6 nitrogen and oxygen atoms in total. The second-order valence-corrected chi connectivity index (χ2v) is 8.67. The van der Waals surface area contributed by atoms with E-state index >= 15 is 0 Å². The van der Waals surface area contributed by atoms with Crippen LogP contribution in [0.5, 0.6) is 0 Å². The molecule has 162 valence electrons. The standard InChI is InChI=1S/C25H23N3O3S/c1-2-31-24(30)21-22(20-13-8-16-32-20)28-19-12-7-6-11-18(19)26-25(28)27(23(21)29)15-14-17-9-4-3-5-10-17/h3-13,16,21-22H,2,14-15H2,1H3/t21-,22+/m0/s1. The van der Waals surface area contributed by atoms with Gasteiger partial charge in [0.15, 0.2) is 5.92 Å². The van der Waals surface area contributed by atoms with E-state index in [-0.39, 0.29) is 12.5 Å². The van der Waals surface area contributed by atoms with Crippen molar-refractivity contribution in [1.82, 2.24) is 9.55 Å². The maximum atomic E-state index is 13.8. The van der Waals surface area contributed by atoms with Crippen LogP contribution < -0.4 is 4.90 Å². The molecule has 2 aromatic carbocycles. The first-order chi connectivity index (χ1) is 15.7. The van der Waals surface area contributed by atoms with Crippen molar-refractivity contribution in [2.75, 3.05) is 18.1 Å². The SMILES string of the molecule is CCOC(=O)[C@@H]1C(=O)N(CCc2ccccc2)c2nc3ccccc3n2[C@@H]1c1cccs1. The minimum atomic E-state index is -0.963. The highest BCUT2D eigenvalue weighted by molar-refractivity contribution is 7.10. The van der Waals surface area contributed by atoms with Crippen molar-refractivity contribution < 1.29 is 14.3 Å². The van der Waals surface area contributed by atoms with Gasteiger partial charge in [0.2, 0.25) is 11.9 Å². The zero-order valence-corrected chi connectivity index (χ0v) is 18.5. The summed E-state index contributed by atoms with van der Waals surface area (Å²) in [7, 11) is 0. The molecule has 1 aliphatic heterocycles. The van der Waals surface area contributed by atoms with Gasteiger partial charge in [-0.25, -0.2) is 4.98 Å². The van der Waals surface area contributed by atoms with Crippen molar-refractivity contribution in [3.8, 4) is 0 Å². The predicted molar refractivity (Wildman–Crippen MR) is 125 cm³/mol. The molecule has 0 saturated heterocycles. The Kier molecular flexibility index (Phi) is 5.49. The van der Waals surface area contributed by atoms with Crippen LogP contribution in [-0.2, 0) is 20.7 Å². The summed E-state index contributed by atoms with van der Waals surface area (Å²) in [5.74, 6) is -1.15. The third-order valence-corrected chi connectivity index (χ3v) is 6.73. The molecular weight excluding hydrogens is 422 g/mol. The molecule has 0 spiro atoms. The lowest BCUT2D eigenvalue weighted by Gasteiger charge is -2.37. The van der Waals surface area contributed by atoms with Gasteiger partial charge in [-0.3, -0.25) is 19.1 Å². The topological polar surface area (TPSA) is 64.4 Å². The van der Waals surface area contributed by atoms with Crippen LogP contribution in [0.4, 0.5) is 5.95 Å². The number of carbonyl (C=O) groups excluding carboxylic acids is 2. The highest BCUT2D eigenvalue weighted by atomic mass is 32.1. The zero-order chi connectivity index (χ0) is 22.1. The van der Waals surface area contributed by atoms with Gasteiger partial charge < -0.3 is 4.74 Å². The molecule has 0 unspecified atom stereocenters. The van der Waals surface area contributed by atoms with E-state index in [9.17, 15) is 9.59 Å². The van der Waals surface area contributed by atoms with Gasteiger partial charge in [-0.15, -0.1) is 11.3 Å². The molecule has 1 aliphatic rings. The van der Waals surface area contributed by atoms with Gasteiger partial charge in [-0.1, -0.05) is 48.5 Å². The second kappa shape index (κ2) is 8.59. The van der Waals surface area contributed by atoms with Crippen LogP contribution in [0.3, 0.4) is 0 Å². The number of hydrogen-bond acceptors (Lipinski definition) is 5. The van der Waals surface area contributed by atoms with E-state index in [1.54, 1.807) is 11.8 Å². The normalized spacial score (nSPS) is 18.0. The summed E-state index contributed by atoms with van der Waals surface area (Å²) in [4.78, 5) is 34.3. The maximum Gasteiger partial charge on any atom is 0.321 e. The van der Waals surface area contributed by atoms with Crippen LogP contribution in [-0.4, -0.2) is 34.6 Å². The average Bonchev–Trinajstić information content (AvgIpc) is 3.47. The monoisotopic (exact) mass is 445 g/mol. The molecule has 7 heteroatoms. The summed E-state index contributed by atoms with van der Waals surface area (Å²) in [5, 5.41) is 1.96. The quantitative estimate of drug-likeness (QED) is 0.325. The van der Waals surface area contributed by atoms with Crippen molar-refractivity contribution in [2.24, 2.45) is 5.92 Å². The number of imidazole rings is 1. The Morgan fingerprint density at radius 2 is 1.84 bits per heavy atom. The van der Waals surface area contributed by atoms with Crippen molar-refractivity contribution >= 4 is 40.2 Å². The molecule has 2 aromatic heterocycles. The highest BCUT2D eigenvalue weighted by Crippen LogP contribution is 2.42. The number of esters is 1.